The van der Waals surface area contributed by atoms with Gasteiger partial charge in [0.1, 0.15) is 0 Å². The zero-order chi connectivity index (χ0) is 11.4. The average molecular weight is 253 g/mol. The van der Waals surface area contributed by atoms with Crippen LogP contribution in [-0.4, -0.2) is 10.4 Å². The van der Waals surface area contributed by atoms with Crippen LogP contribution in [-0.2, 0) is 0 Å². The molecular formula is C12H10Cl2N2. The zero-order valence-corrected chi connectivity index (χ0v) is 9.94. The summed E-state index contributed by atoms with van der Waals surface area (Å²) in [5, 5.41) is 7.78. The van der Waals surface area contributed by atoms with Crippen molar-refractivity contribution in [3.63, 3.8) is 0 Å². The van der Waals surface area contributed by atoms with Gasteiger partial charge in [-0.05, 0) is 18.2 Å². The molecule has 0 heterocycles. The Morgan fingerprint density at radius 3 is 2.56 bits per heavy atom. The minimum atomic E-state index is -0.980. The van der Waals surface area contributed by atoms with Crippen molar-refractivity contribution in [3.05, 3.63) is 54.6 Å². The summed E-state index contributed by atoms with van der Waals surface area (Å²) in [6.45, 7) is 0. The van der Waals surface area contributed by atoms with Crippen LogP contribution in [0.15, 0.2) is 64.9 Å². The lowest BCUT2D eigenvalue weighted by molar-refractivity contribution is 0.708. The molecule has 82 valence electrons. The van der Waals surface area contributed by atoms with E-state index in [2.05, 4.69) is 10.2 Å². The number of halogens is 2. The Balaban J connectivity index is 2.18. The maximum Gasteiger partial charge on any atom is 0.193 e. The topological polar surface area (TPSA) is 24.7 Å². The van der Waals surface area contributed by atoms with Gasteiger partial charge >= 0.3 is 0 Å². The molecule has 4 heteroatoms. The van der Waals surface area contributed by atoms with Crippen LogP contribution in [0.25, 0.3) is 0 Å². The molecular weight excluding hydrogens is 243 g/mol. The Morgan fingerprint density at radius 2 is 1.88 bits per heavy atom. The Hall–Kier alpha value is -1.12. The van der Waals surface area contributed by atoms with Crippen molar-refractivity contribution in [1.82, 2.24) is 0 Å². The molecule has 0 saturated heterocycles. The number of benzene rings is 1. The first-order chi connectivity index (χ1) is 7.71. The maximum atomic E-state index is 6.25. The number of rotatable bonds is 2. The maximum absolute atomic E-state index is 6.25. The third-order valence-electron chi connectivity index (χ3n) is 2.18. The van der Waals surface area contributed by atoms with Crippen LogP contribution in [0.4, 0.5) is 5.69 Å². The van der Waals surface area contributed by atoms with Gasteiger partial charge < -0.3 is 0 Å². The van der Waals surface area contributed by atoms with Crippen LogP contribution in [0.3, 0.4) is 0 Å². The first-order valence-electron chi connectivity index (χ1n) is 4.88. The Bertz CT molecular complexity index is 440. The van der Waals surface area contributed by atoms with Gasteiger partial charge in [-0.2, -0.15) is 10.2 Å². The number of allylic oxidation sites excluding steroid dienone is 2. The predicted octanol–water partition coefficient (Wildman–Crippen LogP) is 4.44. The molecule has 2 rings (SSSR count). The molecule has 0 aliphatic heterocycles. The molecule has 0 N–H and O–H groups in total. The second-order valence-electron chi connectivity index (χ2n) is 3.41. The smallest absolute Gasteiger partial charge is 0.159 e. The van der Waals surface area contributed by atoms with Gasteiger partial charge in [0.2, 0.25) is 0 Å². The minimum Gasteiger partial charge on any atom is -0.159 e. The van der Waals surface area contributed by atoms with E-state index in [1.54, 1.807) is 12.2 Å². The van der Waals surface area contributed by atoms with Gasteiger partial charge in [0, 0.05) is 0 Å². The van der Waals surface area contributed by atoms with Crippen LogP contribution in [0.1, 0.15) is 0 Å². The molecule has 1 aliphatic rings. The fourth-order valence-electron chi connectivity index (χ4n) is 1.30. The first-order valence-corrected chi connectivity index (χ1v) is 5.69. The van der Waals surface area contributed by atoms with Crippen LogP contribution < -0.4 is 0 Å². The quantitative estimate of drug-likeness (QED) is 0.423. The van der Waals surface area contributed by atoms with Crippen molar-refractivity contribution in [2.24, 2.45) is 10.2 Å². The number of alkyl halides is 2. The summed E-state index contributed by atoms with van der Waals surface area (Å²) in [5.41, 5.74) is 0.759. The molecule has 2 atom stereocenters. The molecule has 0 aromatic heterocycles. The largest absolute Gasteiger partial charge is 0.193 e. The van der Waals surface area contributed by atoms with Crippen LogP contribution >= 0.6 is 23.2 Å². The van der Waals surface area contributed by atoms with E-state index in [-0.39, 0.29) is 5.38 Å². The number of nitrogens with zero attached hydrogens (tertiary/aromatic N) is 2. The molecule has 0 fully saturated rings. The van der Waals surface area contributed by atoms with E-state index in [1.807, 2.05) is 42.5 Å². The molecule has 0 radical (unpaired) electrons. The summed E-state index contributed by atoms with van der Waals surface area (Å²) >= 11 is 12.3. The Labute approximate surface area is 104 Å². The summed E-state index contributed by atoms with van der Waals surface area (Å²) in [4.78, 5) is -0.980. The van der Waals surface area contributed by atoms with Crippen molar-refractivity contribution in [1.29, 1.82) is 0 Å². The summed E-state index contributed by atoms with van der Waals surface area (Å²) in [6, 6.07) is 9.42. The van der Waals surface area contributed by atoms with Crippen molar-refractivity contribution < 1.29 is 0 Å². The highest BCUT2D eigenvalue weighted by Gasteiger charge is 2.33. The minimum absolute atomic E-state index is 0.383. The summed E-state index contributed by atoms with van der Waals surface area (Å²) < 4.78 is 0. The molecule has 0 amide bonds. The lowest BCUT2D eigenvalue weighted by atomic mass is 10.1. The van der Waals surface area contributed by atoms with E-state index in [9.17, 15) is 0 Å². The molecule has 16 heavy (non-hydrogen) atoms. The van der Waals surface area contributed by atoms with E-state index in [0.717, 1.165) is 5.69 Å². The summed E-state index contributed by atoms with van der Waals surface area (Å²) in [7, 11) is 0. The van der Waals surface area contributed by atoms with Gasteiger partial charge in [-0.3, -0.25) is 0 Å². The highest BCUT2D eigenvalue weighted by molar-refractivity contribution is 6.34. The molecule has 1 aromatic carbocycles. The second-order valence-corrected chi connectivity index (χ2v) is 4.48. The van der Waals surface area contributed by atoms with E-state index in [4.69, 9.17) is 23.2 Å². The molecule has 2 nitrogen and oxygen atoms in total. The highest BCUT2D eigenvalue weighted by Crippen LogP contribution is 2.33. The van der Waals surface area contributed by atoms with E-state index < -0.39 is 5.00 Å². The molecule has 0 saturated carbocycles. The first kappa shape index (κ1) is 11.4. The van der Waals surface area contributed by atoms with Gasteiger partial charge in [-0.15, -0.1) is 11.6 Å². The number of hydrogen-bond acceptors (Lipinski definition) is 2. The van der Waals surface area contributed by atoms with Gasteiger partial charge in [0.05, 0.1) is 11.1 Å². The van der Waals surface area contributed by atoms with Crippen LogP contribution in [0.2, 0.25) is 0 Å². The average Bonchev–Trinajstić information content (AvgIpc) is 2.32. The molecule has 0 spiro atoms. The molecule has 2 unspecified atom stereocenters. The van der Waals surface area contributed by atoms with E-state index in [1.165, 1.54) is 0 Å². The lowest BCUT2D eigenvalue weighted by Gasteiger charge is -2.22. The van der Waals surface area contributed by atoms with Crippen LogP contribution in [0.5, 0.6) is 0 Å². The normalized spacial score (nSPS) is 28.8. The summed E-state index contributed by atoms with van der Waals surface area (Å²) in [6.07, 6.45) is 7.18. The van der Waals surface area contributed by atoms with Crippen molar-refractivity contribution >= 4 is 28.9 Å². The lowest BCUT2D eigenvalue weighted by Crippen LogP contribution is -2.27. The van der Waals surface area contributed by atoms with Gasteiger partial charge in [0.15, 0.2) is 5.00 Å². The standard InChI is InChI=1S/C12H10Cl2N2/c13-11-8-4-5-9-12(11,14)16-15-10-6-2-1-3-7-10/h1-9,11H. The number of azo groups is 1. The SMILES string of the molecule is ClC1C=CC=CC1(Cl)N=Nc1ccccc1. The highest BCUT2D eigenvalue weighted by atomic mass is 35.5. The second kappa shape index (κ2) is 4.81. The van der Waals surface area contributed by atoms with Crippen molar-refractivity contribution in [2.75, 3.05) is 0 Å². The fourth-order valence-corrected chi connectivity index (χ4v) is 1.68. The van der Waals surface area contributed by atoms with E-state index >= 15 is 0 Å². The monoisotopic (exact) mass is 252 g/mol. The fraction of sp³-hybridized carbons (Fsp3) is 0.167. The van der Waals surface area contributed by atoms with Crippen molar-refractivity contribution in [2.45, 2.75) is 10.4 Å². The zero-order valence-electron chi connectivity index (χ0n) is 8.42. The summed E-state index contributed by atoms with van der Waals surface area (Å²) in [5.74, 6) is 0. The molecule has 1 aromatic rings. The molecule has 1 aliphatic carbocycles. The van der Waals surface area contributed by atoms with E-state index in [0.29, 0.717) is 0 Å². The Morgan fingerprint density at radius 1 is 1.12 bits per heavy atom. The van der Waals surface area contributed by atoms with Gasteiger partial charge in [-0.1, -0.05) is 48.0 Å². The molecule has 0 bridgehead atoms. The van der Waals surface area contributed by atoms with Gasteiger partial charge in [0.25, 0.3) is 0 Å². The Kier molecular flexibility index (Phi) is 3.42. The van der Waals surface area contributed by atoms with Gasteiger partial charge in [-0.25, -0.2) is 0 Å². The number of hydrogen-bond donors (Lipinski definition) is 0. The van der Waals surface area contributed by atoms with Crippen molar-refractivity contribution in [3.8, 4) is 0 Å². The third-order valence-corrected chi connectivity index (χ3v) is 3.21. The predicted molar refractivity (Wildman–Crippen MR) is 67.5 cm³/mol. The van der Waals surface area contributed by atoms with Crippen LogP contribution in [0, 0.1) is 0 Å². The third kappa shape index (κ3) is 2.52.